The number of ether oxygens (including phenoxy) is 1. The van der Waals surface area contributed by atoms with Crippen LogP contribution in [0, 0.1) is 13.8 Å². The summed E-state index contributed by atoms with van der Waals surface area (Å²) in [4.78, 5) is 16.6. The number of hydrogen-bond acceptors (Lipinski definition) is 5. The number of carbonyl (C=O) groups excluding carboxylic acids is 1. The van der Waals surface area contributed by atoms with Gasteiger partial charge >= 0.3 is 0 Å². The molecule has 0 saturated carbocycles. The van der Waals surface area contributed by atoms with Gasteiger partial charge in [-0.3, -0.25) is 4.79 Å². The molecule has 118 valence electrons. The van der Waals surface area contributed by atoms with Gasteiger partial charge in [-0.15, -0.1) is 11.3 Å². The van der Waals surface area contributed by atoms with E-state index in [0.717, 1.165) is 21.9 Å². The zero-order chi connectivity index (χ0) is 16.4. The van der Waals surface area contributed by atoms with Crippen molar-refractivity contribution in [3.05, 3.63) is 58.3 Å². The molecule has 1 amide bonds. The minimum atomic E-state index is -0.458. The smallest absolute Gasteiger partial charge is 0.248 e. The van der Waals surface area contributed by atoms with Crippen LogP contribution in [0.2, 0.25) is 0 Å². The second-order valence-corrected chi connectivity index (χ2v) is 6.05. The van der Waals surface area contributed by atoms with E-state index < -0.39 is 5.91 Å². The van der Waals surface area contributed by atoms with Gasteiger partial charge in [0, 0.05) is 5.56 Å². The molecule has 2 heterocycles. The van der Waals surface area contributed by atoms with Crippen LogP contribution in [0.3, 0.4) is 0 Å². The second-order valence-electron chi connectivity index (χ2n) is 5.13. The lowest BCUT2D eigenvalue weighted by Crippen LogP contribution is -2.10. The van der Waals surface area contributed by atoms with E-state index >= 15 is 0 Å². The maximum Gasteiger partial charge on any atom is 0.248 e. The number of benzene rings is 1. The average molecular weight is 328 g/mol. The lowest BCUT2D eigenvalue weighted by atomic mass is 10.2. The first-order valence-corrected chi connectivity index (χ1v) is 7.96. The van der Waals surface area contributed by atoms with Crippen molar-refractivity contribution in [2.24, 2.45) is 5.73 Å². The van der Waals surface area contributed by atoms with Crippen molar-refractivity contribution in [1.29, 1.82) is 0 Å². The highest BCUT2D eigenvalue weighted by Crippen LogP contribution is 2.30. The number of oxazole rings is 1. The van der Waals surface area contributed by atoms with Crippen LogP contribution in [-0.2, 0) is 6.61 Å². The van der Waals surface area contributed by atoms with E-state index in [-0.39, 0.29) is 0 Å². The number of hydrogen-bond donors (Lipinski definition) is 1. The minimum absolute atomic E-state index is 0.301. The summed E-state index contributed by atoms with van der Waals surface area (Å²) in [5.41, 5.74) is 7.56. The molecule has 0 bridgehead atoms. The molecule has 0 aliphatic rings. The summed E-state index contributed by atoms with van der Waals surface area (Å²) in [7, 11) is 0. The fraction of sp³-hybridized carbons (Fsp3) is 0.176. The number of aryl methyl sites for hydroxylation is 2. The van der Waals surface area contributed by atoms with Gasteiger partial charge in [0.05, 0.1) is 4.88 Å². The molecule has 0 radical (unpaired) electrons. The third kappa shape index (κ3) is 3.27. The molecule has 0 saturated heterocycles. The largest absolute Gasteiger partial charge is 0.487 e. The van der Waals surface area contributed by atoms with Crippen molar-refractivity contribution in [3.63, 3.8) is 0 Å². The molecule has 0 unspecified atom stereocenters. The highest BCUT2D eigenvalue weighted by atomic mass is 32.1. The lowest BCUT2D eigenvalue weighted by Gasteiger charge is -2.04. The summed E-state index contributed by atoms with van der Waals surface area (Å²) in [6.45, 7) is 4.20. The molecule has 23 heavy (non-hydrogen) atoms. The van der Waals surface area contributed by atoms with Crippen molar-refractivity contribution in [2.45, 2.75) is 20.5 Å². The van der Waals surface area contributed by atoms with E-state index in [4.69, 9.17) is 14.9 Å². The Morgan fingerprint density at radius 2 is 2.00 bits per heavy atom. The zero-order valence-electron chi connectivity index (χ0n) is 12.8. The van der Waals surface area contributed by atoms with Crippen LogP contribution in [0.25, 0.3) is 10.8 Å². The van der Waals surface area contributed by atoms with Crippen molar-refractivity contribution in [1.82, 2.24) is 4.98 Å². The van der Waals surface area contributed by atoms with Gasteiger partial charge in [-0.05, 0) is 55.1 Å². The summed E-state index contributed by atoms with van der Waals surface area (Å²) in [6.07, 6.45) is 0. The SMILES string of the molecule is Cc1ccsc1-c1nc(COc2ccc(C(N)=O)cc2)c(C)o1. The Kier molecular flexibility index (Phi) is 4.16. The van der Waals surface area contributed by atoms with E-state index in [1.165, 1.54) is 0 Å². The van der Waals surface area contributed by atoms with Crippen molar-refractivity contribution in [3.8, 4) is 16.5 Å². The van der Waals surface area contributed by atoms with Crippen LogP contribution in [0.1, 0.15) is 27.4 Å². The predicted molar refractivity (Wildman–Crippen MR) is 88.6 cm³/mol. The van der Waals surface area contributed by atoms with Gasteiger partial charge in [0.2, 0.25) is 11.8 Å². The number of nitrogens with zero attached hydrogens (tertiary/aromatic N) is 1. The van der Waals surface area contributed by atoms with E-state index in [0.29, 0.717) is 23.8 Å². The van der Waals surface area contributed by atoms with Gasteiger partial charge in [0.15, 0.2) is 0 Å². The van der Waals surface area contributed by atoms with Crippen LogP contribution in [-0.4, -0.2) is 10.9 Å². The van der Waals surface area contributed by atoms with E-state index in [1.807, 2.05) is 25.3 Å². The number of aromatic nitrogens is 1. The number of thiophene rings is 1. The Labute approximate surface area is 137 Å². The molecule has 6 heteroatoms. The molecular weight excluding hydrogens is 312 g/mol. The maximum atomic E-state index is 11.0. The van der Waals surface area contributed by atoms with Crippen LogP contribution in [0.15, 0.2) is 40.1 Å². The molecule has 5 nitrogen and oxygen atoms in total. The van der Waals surface area contributed by atoms with Gasteiger partial charge < -0.3 is 14.9 Å². The van der Waals surface area contributed by atoms with Crippen LogP contribution >= 0.6 is 11.3 Å². The molecule has 1 aromatic carbocycles. The van der Waals surface area contributed by atoms with Crippen molar-refractivity contribution >= 4 is 17.2 Å². The fourth-order valence-electron chi connectivity index (χ4n) is 2.12. The minimum Gasteiger partial charge on any atom is -0.487 e. The number of amides is 1. The Morgan fingerprint density at radius 1 is 1.26 bits per heavy atom. The molecule has 0 aliphatic heterocycles. The van der Waals surface area contributed by atoms with Crippen LogP contribution in [0.5, 0.6) is 5.75 Å². The molecule has 0 fully saturated rings. The Morgan fingerprint density at radius 3 is 2.61 bits per heavy atom. The van der Waals surface area contributed by atoms with Crippen LogP contribution in [0.4, 0.5) is 0 Å². The van der Waals surface area contributed by atoms with Crippen LogP contribution < -0.4 is 10.5 Å². The van der Waals surface area contributed by atoms with Gasteiger partial charge in [0.25, 0.3) is 0 Å². The van der Waals surface area contributed by atoms with E-state index in [1.54, 1.807) is 35.6 Å². The van der Waals surface area contributed by atoms with Gasteiger partial charge in [-0.25, -0.2) is 4.98 Å². The van der Waals surface area contributed by atoms with Crippen molar-refractivity contribution < 1.29 is 13.9 Å². The normalized spacial score (nSPS) is 10.7. The predicted octanol–water partition coefficient (Wildman–Crippen LogP) is 3.70. The average Bonchev–Trinajstić information content (AvgIpc) is 3.11. The van der Waals surface area contributed by atoms with Gasteiger partial charge in [0.1, 0.15) is 23.8 Å². The number of carbonyl (C=O) groups is 1. The quantitative estimate of drug-likeness (QED) is 0.774. The molecular formula is C17H16N2O3S. The second kappa shape index (κ2) is 6.26. The molecule has 2 aromatic heterocycles. The fourth-order valence-corrected chi connectivity index (χ4v) is 2.97. The first-order chi connectivity index (χ1) is 11.0. The summed E-state index contributed by atoms with van der Waals surface area (Å²) >= 11 is 1.60. The lowest BCUT2D eigenvalue weighted by molar-refractivity contribution is 0.1000. The first-order valence-electron chi connectivity index (χ1n) is 7.08. The molecule has 0 spiro atoms. The molecule has 3 rings (SSSR count). The Hall–Kier alpha value is -2.60. The summed E-state index contributed by atoms with van der Waals surface area (Å²) in [5, 5.41) is 2.01. The first kappa shape index (κ1) is 15.3. The highest BCUT2D eigenvalue weighted by Gasteiger charge is 2.14. The third-order valence-electron chi connectivity index (χ3n) is 3.46. The summed E-state index contributed by atoms with van der Waals surface area (Å²) in [5.74, 6) is 1.55. The van der Waals surface area contributed by atoms with Crippen molar-refractivity contribution in [2.75, 3.05) is 0 Å². The highest BCUT2D eigenvalue weighted by molar-refractivity contribution is 7.13. The third-order valence-corrected chi connectivity index (χ3v) is 4.47. The molecule has 0 atom stereocenters. The Bertz CT molecular complexity index is 834. The van der Waals surface area contributed by atoms with Gasteiger partial charge in [-0.2, -0.15) is 0 Å². The van der Waals surface area contributed by atoms with E-state index in [9.17, 15) is 4.79 Å². The Balaban J connectivity index is 1.72. The standard InChI is InChI=1S/C17H16N2O3S/c1-10-7-8-23-15(10)17-19-14(11(2)22-17)9-21-13-5-3-12(4-6-13)16(18)20/h3-8H,9H2,1-2H3,(H2,18,20). The topological polar surface area (TPSA) is 78.4 Å². The number of primary amides is 1. The molecule has 2 N–H and O–H groups in total. The monoisotopic (exact) mass is 328 g/mol. The molecule has 0 aliphatic carbocycles. The number of rotatable bonds is 5. The maximum absolute atomic E-state index is 11.0. The zero-order valence-corrected chi connectivity index (χ0v) is 13.6. The number of nitrogens with two attached hydrogens (primary N) is 1. The molecule has 3 aromatic rings. The summed E-state index contributed by atoms with van der Waals surface area (Å²) < 4.78 is 11.4. The van der Waals surface area contributed by atoms with Gasteiger partial charge in [-0.1, -0.05) is 0 Å². The summed E-state index contributed by atoms with van der Waals surface area (Å²) in [6, 6.07) is 8.72. The van der Waals surface area contributed by atoms with E-state index in [2.05, 4.69) is 4.98 Å².